The number of nitrogens with one attached hydrogen (secondary N) is 1. The zero-order valence-corrected chi connectivity index (χ0v) is 13.2. The average molecular weight is 309 g/mol. The number of benzene rings is 1. The maximum Gasteiger partial charge on any atom is 0.224 e. The Labute approximate surface area is 128 Å². The Bertz CT molecular complexity index is 524. The minimum absolute atomic E-state index is 0.0179. The molecular formula is C15H23N3O2S. The zero-order valence-electron chi connectivity index (χ0n) is 12.4. The summed E-state index contributed by atoms with van der Waals surface area (Å²) in [6, 6.07) is 5.51. The van der Waals surface area contributed by atoms with Crippen molar-refractivity contribution in [2.75, 3.05) is 42.2 Å². The summed E-state index contributed by atoms with van der Waals surface area (Å²) in [4.78, 5) is 14.2. The molecule has 1 aliphatic heterocycles. The quantitative estimate of drug-likeness (QED) is 0.805. The first-order chi connectivity index (χ1) is 10.0. The van der Waals surface area contributed by atoms with E-state index in [9.17, 15) is 9.00 Å². The van der Waals surface area contributed by atoms with Crippen LogP contribution in [0.2, 0.25) is 0 Å². The van der Waals surface area contributed by atoms with Crippen molar-refractivity contribution in [3.8, 4) is 0 Å². The van der Waals surface area contributed by atoms with Gasteiger partial charge in [0, 0.05) is 53.2 Å². The van der Waals surface area contributed by atoms with Crippen LogP contribution in [0, 0.1) is 6.92 Å². The lowest BCUT2D eigenvalue weighted by Gasteiger charge is -2.25. The van der Waals surface area contributed by atoms with Crippen LogP contribution in [-0.4, -0.2) is 46.2 Å². The number of nitrogens with two attached hydrogens (primary N) is 1. The molecule has 0 unspecified atom stereocenters. The second kappa shape index (κ2) is 7.56. The van der Waals surface area contributed by atoms with E-state index < -0.39 is 10.8 Å². The van der Waals surface area contributed by atoms with E-state index in [0.717, 1.165) is 48.8 Å². The van der Waals surface area contributed by atoms with Crippen molar-refractivity contribution in [1.82, 2.24) is 4.90 Å². The number of carbonyl (C=O) groups is 1. The van der Waals surface area contributed by atoms with Crippen LogP contribution in [0.5, 0.6) is 0 Å². The number of nitrogen functional groups attached to an aromatic ring is 1. The molecule has 1 fully saturated rings. The summed E-state index contributed by atoms with van der Waals surface area (Å²) in [6.45, 7) is 4.59. The predicted octanol–water partition coefficient (Wildman–Crippen LogP) is 1.36. The van der Waals surface area contributed by atoms with Crippen LogP contribution in [-0.2, 0) is 15.6 Å². The minimum atomic E-state index is -0.639. The summed E-state index contributed by atoms with van der Waals surface area (Å²) in [5.74, 6) is 1.54. The third-order valence-corrected chi connectivity index (χ3v) is 4.96. The number of nitrogens with zero attached hydrogens (tertiary/aromatic N) is 1. The van der Waals surface area contributed by atoms with E-state index in [2.05, 4.69) is 10.2 Å². The maximum absolute atomic E-state index is 12.0. The average Bonchev–Trinajstić information content (AvgIpc) is 2.45. The molecule has 3 N–H and O–H groups in total. The second-order valence-electron chi connectivity index (χ2n) is 5.42. The lowest BCUT2D eigenvalue weighted by Crippen LogP contribution is -2.38. The van der Waals surface area contributed by atoms with E-state index in [4.69, 9.17) is 5.73 Å². The Morgan fingerprint density at radius 3 is 2.81 bits per heavy atom. The van der Waals surface area contributed by atoms with E-state index in [1.54, 1.807) is 6.07 Å². The van der Waals surface area contributed by atoms with Crippen LogP contribution in [0.25, 0.3) is 0 Å². The Hall–Kier alpha value is -1.40. The lowest BCUT2D eigenvalue weighted by atomic mass is 10.1. The van der Waals surface area contributed by atoms with Gasteiger partial charge in [0.25, 0.3) is 0 Å². The van der Waals surface area contributed by atoms with Gasteiger partial charge in [-0.05, 0) is 37.6 Å². The molecule has 0 spiro atoms. The second-order valence-corrected chi connectivity index (χ2v) is 7.11. The third kappa shape index (κ3) is 5.13. The number of carbonyl (C=O) groups excluding carboxylic acids is 1. The Morgan fingerprint density at radius 2 is 2.10 bits per heavy atom. The van der Waals surface area contributed by atoms with Gasteiger partial charge in [-0.1, -0.05) is 6.07 Å². The molecule has 1 aromatic rings. The molecule has 1 heterocycles. The van der Waals surface area contributed by atoms with Gasteiger partial charge in [0.2, 0.25) is 5.91 Å². The van der Waals surface area contributed by atoms with Crippen LogP contribution in [0.3, 0.4) is 0 Å². The first kappa shape index (κ1) is 16.0. The summed E-state index contributed by atoms with van der Waals surface area (Å²) >= 11 is 0. The molecule has 0 bridgehead atoms. The van der Waals surface area contributed by atoms with Gasteiger partial charge in [-0.2, -0.15) is 0 Å². The van der Waals surface area contributed by atoms with E-state index in [1.807, 2.05) is 19.1 Å². The summed E-state index contributed by atoms with van der Waals surface area (Å²) in [6.07, 6.45) is 1.31. The molecule has 1 amide bonds. The molecule has 116 valence electrons. The molecule has 21 heavy (non-hydrogen) atoms. The fraction of sp³-hybridized carbons (Fsp3) is 0.533. The first-order valence-corrected chi connectivity index (χ1v) is 8.77. The van der Waals surface area contributed by atoms with Gasteiger partial charge in [-0.25, -0.2) is 0 Å². The molecule has 6 heteroatoms. The fourth-order valence-electron chi connectivity index (χ4n) is 2.35. The Balaban J connectivity index is 1.72. The smallest absolute Gasteiger partial charge is 0.224 e. The van der Waals surface area contributed by atoms with Gasteiger partial charge in [-0.3, -0.25) is 9.00 Å². The number of rotatable bonds is 5. The highest BCUT2D eigenvalue weighted by Gasteiger charge is 2.15. The molecule has 0 saturated carbocycles. The fourth-order valence-corrected chi connectivity index (χ4v) is 3.48. The molecule has 2 rings (SSSR count). The van der Waals surface area contributed by atoms with Crippen molar-refractivity contribution >= 4 is 28.1 Å². The third-order valence-electron chi connectivity index (χ3n) is 3.68. The standard InChI is InChI=1S/C15H23N3O2S/c1-12-4-5-13(16)11-14(12)17-15(19)3-2-6-18-7-9-21(20)10-8-18/h4-5,11H,2-3,6-10,16H2,1H3,(H,17,19). The highest BCUT2D eigenvalue weighted by Crippen LogP contribution is 2.18. The van der Waals surface area contributed by atoms with Crippen LogP contribution < -0.4 is 11.1 Å². The molecular weight excluding hydrogens is 286 g/mol. The minimum Gasteiger partial charge on any atom is -0.399 e. The van der Waals surface area contributed by atoms with Crippen molar-refractivity contribution in [3.63, 3.8) is 0 Å². The van der Waals surface area contributed by atoms with Gasteiger partial charge in [0.05, 0.1) is 0 Å². The number of anilines is 2. The van der Waals surface area contributed by atoms with Crippen LogP contribution in [0.1, 0.15) is 18.4 Å². The van der Waals surface area contributed by atoms with Crippen LogP contribution >= 0.6 is 0 Å². The van der Waals surface area contributed by atoms with Crippen LogP contribution in [0.15, 0.2) is 18.2 Å². The molecule has 0 radical (unpaired) electrons. The maximum atomic E-state index is 12.0. The monoisotopic (exact) mass is 309 g/mol. The first-order valence-electron chi connectivity index (χ1n) is 7.28. The summed E-state index contributed by atoms with van der Waals surface area (Å²) in [7, 11) is -0.639. The largest absolute Gasteiger partial charge is 0.399 e. The van der Waals surface area contributed by atoms with E-state index >= 15 is 0 Å². The SMILES string of the molecule is Cc1ccc(N)cc1NC(=O)CCCN1CCS(=O)CC1. The van der Waals surface area contributed by atoms with Crippen molar-refractivity contribution in [1.29, 1.82) is 0 Å². The topological polar surface area (TPSA) is 75.4 Å². The molecule has 1 aliphatic rings. The van der Waals surface area contributed by atoms with Gasteiger partial charge in [-0.15, -0.1) is 0 Å². The van der Waals surface area contributed by atoms with Crippen molar-refractivity contribution in [2.24, 2.45) is 0 Å². The van der Waals surface area contributed by atoms with Gasteiger partial charge >= 0.3 is 0 Å². The number of amides is 1. The predicted molar refractivity (Wildman–Crippen MR) is 87.8 cm³/mol. The van der Waals surface area contributed by atoms with Gasteiger partial charge < -0.3 is 16.0 Å². The molecule has 0 atom stereocenters. The Morgan fingerprint density at radius 1 is 1.38 bits per heavy atom. The number of hydrogen-bond acceptors (Lipinski definition) is 4. The van der Waals surface area contributed by atoms with Crippen LogP contribution in [0.4, 0.5) is 11.4 Å². The van der Waals surface area contributed by atoms with Gasteiger partial charge in [0.1, 0.15) is 0 Å². The van der Waals surface area contributed by atoms with Crippen molar-refractivity contribution < 1.29 is 9.00 Å². The Kier molecular flexibility index (Phi) is 5.76. The normalized spacial score (nSPS) is 16.8. The van der Waals surface area contributed by atoms with E-state index in [0.29, 0.717) is 12.1 Å². The summed E-state index contributed by atoms with van der Waals surface area (Å²) in [5.41, 5.74) is 8.18. The van der Waals surface area contributed by atoms with E-state index in [1.165, 1.54) is 0 Å². The molecule has 1 aromatic carbocycles. The highest BCUT2D eigenvalue weighted by atomic mass is 32.2. The summed E-state index contributed by atoms with van der Waals surface area (Å²) < 4.78 is 11.3. The lowest BCUT2D eigenvalue weighted by molar-refractivity contribution is -0.116. The zero-order chi connectivity index (χ0) is 15.2. The molecule has 0 aromatic heterocycles. The van der Waals surface area contributed by atoms with E-state index in [-0.39, 0.29) is 5.91 Å². The summed E-state index contributed by atoms with van der Waals surface area (Å²) in [5, 5.41) is 2.91. The number of aryl methyl sites for hydroxylation is 1. The highest BCUT2D eigenvalue weighted by molar-refractivity contribution is 7.85. The van der Waals surface area contributed by atoms with Crippen molar-refractivity contribution in [3.05, 3.63) is 23.8 Å². The van der Waals surface area contributed by atoms with Gasteiger partial charge in [0.15, 0.2) is 0 Å². The molecule has 1 saturated heterocycles. The van der Waals surface area contributed by atoms with Crippen molar-refractivity contribution in [2.45, 2.75) is 19.8 Å². The number of hydrogen-bond donors (Lipinski definition) is 2. The molecule has 0 aliphatic carbocycles. The molecule has 5 nitrogen and oxygen atoms in total.